The lowest BCUT2D eigenvalue weighted by Crippen LogP contribution is -2.35. The summed E-state index contributed by atoms with van der Waals surface area (Å²) in [6.45, 7) is 0.678. The summed E-state index contributed by atoms with van der Waals surface area (Å²) in [5.74, 6) is 0. The summed E-state index contributed by atoms with van der Waals surface area (Å²) in [5, 5.41) is 9.88. The Hall–Kier alpha value is -1.49. The van der Waals surface area contributed by atoms with E-state index in [9.17, 15) is 18.3 Å². The van der Waals surface area contributed by atoms with Crippen LogP contribution in [-0.2, 0) is 0 Å². The molecule has 0 aliphatic carbocycles. The van der Waals surface area contributed by atoms with Crippen LogP contribution in [-0.4, -0.2) is 22.7 Å². The Bertz CT molecular complexity index is 454. The Kier molecular flexibility index (Phi) is 2.87. The van der Waals surface area contributed by atoms with Crippen molar-refractivity contribution in [2.75, 3.05) is 6.54 Å². The number of nitrogens with zero attached hydrogens (tertiary/aromatic N) is 1. The minimum atomic E-state index is -4.33. The maximum atomic E-state index is 12.3. The first-order valence-corrected chi connectivity index (χ1v) is 5.16. The van der Waals surface area contributed by atoms with Gasteiger partial charge in [0.25, 0.3) is 0 Å². The molecular formula is C12H12F3NO. The topological polar surface area (TPSA) is 23.5 Å². The number of hydrogen-bond donors (Lipinski definition) is 1. The Morgan fingerprint density at radius 2 is 2.06 bits per heavy atom. The molecule has 0 saturated heterocycles. The second kappa shape index (κ2) is 4.07. The molecule has 0 fully saturated rings. The highest BCUT2D eigenvalue weighted by molar-refractivity contribution is 5.57. The van der Waals surface area contributed by atoms with Crippen molar-refractivity contribution in [3.63, 3.8) is 0 Å². The maximum Gasteiger partial charge on any atom is 0.406 e. The van der Waals surface area contributed by atoms with Crippen LogP contribution in [0, 0.1) is 6.92 Å². The molecule has 2 nitrogen and oxygen atoms in total. The number of benzene rings is 1. The van der Waals surface area contributed by atoms with E-state index in [4.69, 9.17) is 0 Å². The van der Waals surface area contributed by atoms with Crippen LogP contribution in [0.5, 0.6) is 0 Å². The standard InChI is InChI=1S/C12H12F3NO/c1-8-2-3-9-4-5-16(7-12(13,14)15)11(17)10(9)6-8/h2-6,11,17H,7H2,1H3. The number of hydrogen-bond acceptors (Lipinski definition) is 2. The second-order valence-electron chi connectivity index (χ2n) is 4.11. The minimum Gasteiger partial charge on any atom is -0.369 e. The molecule has 0 radical (unpaired) electrons. The van der Waals surface area contributed by atoms with Crippen LogP contribution in [0.3, 0.4) is 0 Å². The van der Waals surface area contributed by atoms with Gasteiger partial charge in [-0.1, -0.05) is 23.8 Å². The van der Waals surface area contributed by atoms with E-state index in [0.29, 0.717) is 5.56 Å². The molecule has 0 bridgehead atoms. The van der Waals surface area contributed by atoms with Gasteiger partial charge in [0, 0.05) is 11.8 Å². The van der Waals surface area contributed by atoms with E-state index in [0.717, 1.165) is 16.0 Å². The zero-order valence-electron chi connectivity index (χ0n) is 9.20. The zero-order valence-corrected chi connectivity index (χ0v) is 9.20. The summed E-state index contributed by atoms with van der Waals surface area (Å²) in [6.07, 6.45) is -2.72. The average Bonchev–Trinajstić information content (AvgIpc) is 2.21. The van der Waals surface area contributed by atoms with Crippen molar-refractivity contribution in [2.24, 2.45) is 0 Å². The molecule has 1 atom stereocenters. The van der Waals surface area contributed by atoms with Crippen LogP contribution in [0.25, 0.3) is 6.08 Å². The fourth-order valence-electron chi connectivity index (χ4n) is 1.85. The number of halogens is 3. The van der Waals surface area contributed by atoms with Gasteiger partial charge in [-0.3, -0.25) is 0 Å². The molecule has 1 aromatic carbocycles. The largest absolute Gasteiger partial charge is 0.406 e. The third-order valence-electron chi connectivity index (χ3n) is 2.64. The van der Waals surface area contributed by atoms with Crippen molar-refractivity contribution in [1.29, 1.82) is 0 Å². The van der Waals surface area contributed by atoms with Crippen molar-refractivity contribution < 1.29 is 18.3 Å². The summed E-state index contributed by atoms with van der Waals surface area (Å²) in [5.41, 5.74) is 2.17. The van der Waals surface area contributed by atoms with Crippen LogP contribution in [0.2, 0.25) is 0 Å². The van der Waals surface area contributed by atoms with Crippen molar-refractivity contribution in [3.05, 3.63) is 41.1 Å². The first-order valence-electron chi connectivity index (χ1n) is 5.16. The maximum absolute atomic E-state index is 12.3. The van der Waals surface area contributed by atoms with E-state index in [1.54, 1.807) is 18.2 Å². The van der Waals surface area contributed by atoms with Crippen LogP contribution in [0.1, 0.15) is 22.9 Å². The van der Waals surface area contributed by atoms with Crippen LogP contribution in [0.15, 0.2) is 24.4 Å². The molecule has 1 aliphatic heterocycles. The van der Waals surface area contributed by atoms with Gasteiger partial charge in [-0.25, -0.2) is 0 Å². The lowest BCUT2D eigenvalue weighted by molar-refractivity contribution is -0.157. The minimum absolute atomic E-state index is 0.511. The molecule has 0 aromatic heterocycles. The fourth-order valence-corrected chi connectivity index (χ4v) is 1.85. The monoisotopic (exact) mass is 243 g/mol. The van der Waals surface area contributed by atoms with E-state index in [1.165, 1.54) is 6.20 Å². The summed E-state index contributed by atoms with van der Waals surface area (Å²) in [7, 11) is 0. The van der Waals surface area contributed by atoms with E-state index in [1.807, 2.05) is 13.0 Å². The Morgan fingerprint density at radius 1 is 1.35 bits per heavy atom. The van der Waals surface area contributed by atoms with Gasteiger partial charge in [-0.15, -0.1) is 0 Å². The second-order valence-corrected chi connectivity index (χ2v) is 4.11. The number of aryl methyl sites for hydroxylation is 1. The van der Waals surface area contributed by atoms with Gasteiger partial charge in [0.1, 0.15) is 6.54 Å². The van der Waals surface area contributed by atoms with Crippen molar-refractivity contribution in [3.8, 4) is 0 Å². The Balaban J connectivity index is 2.29. The smallest absolute Gasteiger partial charge is 0.369 e. The zero-order chi connectivity index (χ0) is 12.6. The third-order valence-corrected chi connectivity index (χ3v) is 2.64. The molecule has 0 amide bonds. The molecule has 1 heterocycles. The molecule has 1 aliphatic rings. The molecule has 92 valence electrons. The number of fused-ring (bicyclic) bond motifs is 1. The Labute approximate surface area is 97.0 Å². The predicted molar refractivity (Wildman–Crippen MR) is 57.9 cm³/mol. The first-order chi connectivity index (χ1) is 7.87. The molecule has 1 unspecified atom stereocenters. The van der Waals surface area contributed by atoms with E-state index >= 15 is 0 Å². The summed E-state index contributed by atoms with van der Waals surface area (Å²) in [6, 6.07) is 5.34. The molecule has 0 spiro atoms. The van der Waals surface area contributed by atoms with Crippen molar-refractivity contribution in [2.45, 2.75) is 19.3 Å². The van der Waals surface area contributed by atoms with Gasteiger partial charge in [-0.05, 0) is 18.6 Å². The molecule has 0 saturated carbocycles. The highest BCUT2D eigenvalue weighted by Gasteiger charge is 2.34. The molecular weight excluding hydrogens is 231 g/mol. The first kappa shape index (κ1) is 12.0. The van der Waals surface area contributed by atoms with Crippen molar-refractivity contribution >= 4 is 6.08 Å². The van der Waals surface area contributed by atoms with Crippen LogP contribution < -0.4 is 0 Å². The van der Waals surface area contributed by atoms with E-state index in [-0.39, 0.29) is 0 Å². The molecule has 1 aromatic rings. The summed E-state index contributed by atoms with van der Waals surface area (Å²) in [4.78, 5) is 0.877. The van der Waals surface area contributed by atoms with Gasteiger partial charge in [0.15, 0.2) is 6.23 Å². The highest BCUT2D eigenvalue weighted by Crippen LogP contribution is 2.31. The number of aliphatic hydroxyl groups excluding tert-OH is 1. The van der Waals surface area contributed by atoms with Gasteiger partial charge in [0.2, 0.25) is 0 Å². The summed E-state index contributed by atoms with van der Waals surface area (Å²) >= 11 is 0. The Morgan fingerprint density at radius 3 is 2.71 bits per heavy atom. The van der Waals surface area contributed by atoms with Crippen LogP contribution >= 0.6 is 0 Å². The number of alkyl halides is 3. The lowest BCUT2D eigenvalue weighted by atomic mass is 10.00. The number of aliphatic hydroxyl groups is 1. The molecule has 17 heavy (non-hydrogen) atoms. The van der Waals surface area contributed by atoms with Gasteiger partial charge < -0.3 is 10.0 Å². The van der Waals surface area contributed by atoms with Crippen molar-refractivity contribution in [1.82, 2.24) is 4.90 Å². The predicted octanol–water partition coefficient (Wildman–Crippen LogP) is 2.83. The average molecular weight is 243 g/mol. The van der Waals surface area contributed by atoms with E-state index in [2.05, 4.69) is 0 Å². The SMILES string of the molecule is Cc1ccc2c(c1)C(O)N(CC(F)(F)F)C=C2. The van der Waals surface area contributed by atoms with E-state index < -0.39 is 18.9 Å². The normalized spacial score (nSPS) is 19.4. The number of rotatable bonds is 1. The molecule has 1 N–H and O–H groups in total. The lowest BCUT2D eigenvalue weighted by Gasteiger charge is -2.31. The molecule has 2 rings (SSSR count). The van der Waals surface area contributed by atoms with Gasteiger partial charge >= 0.3 is 6.18 Å². The summed E-state index contributed by atoms with van der Waals surface area (Å²) < 4.78 is 36.8. The third kappa shape index (κ3) is 2.61. The van der Waals surface area contributed by atoms with Crippen LogP contribution in [0.4, 0.5) is 13.2 Å². The highest BCUT2D eigenvalue weighted by atomic mass is 19.4. The quantitative estimate of drug-likeness (QED) is 0.819. The molecule has 5 heteroatoms. The fraction of sp³-hybridized carbons (Fsp3) is 0.333. The van der Waals surface area contributed by atoms with Gasteiger partial charge in [0.05, 0.1) is 0 Å². The van der Waals surface area contributed by atoms with Gasteiger partial charge in [-0.2, -0.15) is 13.2 Å².